The van der Waals surface area contributed by atoms with Crippen LogP contribution in [0.3, 0.4) is 0 Å². The Morgan fingerprint density at radius 3 is 2.67 bits per heavy atom. The third kappa shape index (κ3) is 4.21. The number of nitrogens with zero attached hydrogens (tertiary/aromatic N) is 1. The van der Waals surface area contributed by atoms with Gasteiger partial charge in [0.25, 0.3) is 0 Å². The van der Waals surface area contributed by atoms with Crippen molar-refractivity contribution in [2.24, 2.45) is 5.92 Å². The first kappa shape index (κ1) is 15.8. The minimum atomic E-state index is 0.224. The monoisotopic (exact) mass is 290 g/mol. The first-order chi connectivity index (χ1) is 10.1. The summed E-state index contributed by atoms with van der Waals surface area (Å²) >= 11 is 0. The van der Waals surface area contributed by atoms with E-state index in [1.165, 1.54) is 0 Å². The van der Waals surface area contributed by atoms with Crippen LogP contribution >= 0.6 is 0 Å². The molecule has 1 amide bonds. The fraction of sp³-hybridized carbons (Fsp3) is 0.588. The van der Waals surface area contributed by atoms with Gasteiger partial charge in [0.15, 0.2) is 0 Å². The summed E-state index contributed by atoms with van der Waals surface area (Å²) < 4.78 is 5.14. The van der Waals surface area contributed by atoms with Crippen LogP contribution in [0.25, 0.3) is 0 Å². The summed E-state index contributed by atoms with van der Waals surface area (Å²) in [5.41, 5.74) is 1.04. The number of carbonyl (C=O) groups excluding carboxylic acids is 1. The van der Waals surface area contributed by atoms with E-state index in [2.05, 4.69) is 19.2 Å². The van der Waals surface area contributed by atoms with Crippen LogP contribution in [-0.2, 0) is 11.2 Å². The van der Waals surface area contributed by atoms with Crippen LogP contribution in [0.4, 0.5) is 0 Å². The molecule has 0 aliphatic carbocycles. The zero-order valence-corrected chi connectivity index (χ0v) is 13.3. The predicted octanol–water partition coefficient (Wildman–Crippen LogP) is 2.08. The van der Waals surface area contributed by atoms with Crippen molar-refractivity contribution in [3.05, 3.63) is 29.8 Å². The van der Waals surface area contributed by atoms with Crippen LogP contribution in [-0.4, -0.2) is 43.6 Å². The van der Waals surface area contributed by atoms with Crippen molar-refractivity contribution >= 4 is 5.91 Å². The molecule has 4 nitrogen and oxygen atoms in total. The van der Waals surface area contributed by atoms with Gasteiger partial charge in [-0.3, -0.25) is 4.79 Å². The number of likely N-dealkylation sites (tertiary alicyclic amines) is 1. The van der Waals surface area contributed by atoms with Gasteiger partial charge in [-0.15, -0.1) is 0 Å². The summed E-state index contributed by atoms with van der Waals surface area (Å²) in [7, 11) is 1.65. The molecule has 0 radical (unpaired) electrons. The van der Waals surface area contributed by atoms with E-state index in [0.29, 0.717) is 18.4 Å². The first-order valence-electron chi connectivity index (χ1n) is 7.78. The molecule has 0 saturated carbocycles. The van der Waals surface area contributed by atoms with E-state index in [4.69, 9.17) is 4.74 Å². The maximum atomic E-state index is 12.4. The molecule has 2 unspecified atom stereocenters. The quantitative estimate of drug-likeness (QED) is 0.903. The molecule has 4 heteroatoms. The highest BCUT2D eigenvalue weighted by Gasteiger charge is 2.27. The lowest BCUT2D eigenvalue weighted by Gasteiger charge is -2.37. The summed E-state index contributed by atoms with van der Waals surface area (Å²) in [5.74, 6) is 1.56. The summed E-state index contributed by atoms with van der Waals surface area (Å²) in [6.07, 6.45) is 1.52. The zero-order valence-electron chi connectivity index (χ0n) is 13.3. The maximum Gasteiger partial charge on any atom is 0.227 e. The largest absolute Gasteiger partial charge is 0.497 e. The maximum absolute atomic E-state index is 12.4. The Kier molecular flexibility index (Phi) is 5.62. The number of rotatable bonds is 5. The topological polar surface area (TPSA) is 41.6 Å². The Labute approximate surface area is 127 Å². The second kappa shape index (κ2) is 7.46. The van der Waals surface area contributed by atoms with Crippen LogP contribution < -0.4 is 10.1 Å². The molecule has 1 aromatic rings. The summed E-state index contributed by atoms with van der Waals surface area (Å²) in [4.78, 5) is 14.4. The third-order valence-electron chi connectivity index (χ3n) is 4.24. The molecule has 0 bridgehead atoms. The summed E-state index contributed by atoms with van der Waals surface area (Å²) in [5, 5.41) is 3.50. The average Bonchev–Trinajstić information content (AvgIpc) is 2.50. The molecule has 21 heavy (non-hydrogen) atoms. The number of ether oxygens (including phenoxy) is 1. The molecule has 2 rings (SSSR count). The standard InChI is InChI=1S/C17H26N2O2/c1-4-18-16-9-10-19(12-13(16)2)17(20)11-14-5-7-15(21-3)8-6-14/h5-8,13,16,18H,4,9-12H2,1-3H3. The van der Waals surface area contributed by atoms with Gasteiger partial charge >= 0.3 is 0 Å². The molecule has 0 aromatic heterocycles. The third-order valence-corrected chi connectivity index (χ3v) is 4.24. The Bertz CT molecular complexity index is 458. The van der Waals surface area contributed by atoms with Crippen molar-refractivity contribution in [2.75, 3.05) is 26.7 Å². The predicted molar refractivity (Wildman–Crippen MR) is 84.5 cm³/mol. The van der Waals surface area contributed by atoms with Crippen LogP contribution in [0.2, 0.25) is 0 Å². The number of carbonyl (C=O) groups is 1. The van der Waals surface area contributed by atoms with Crippen molar-refractivity contribution in [1.82, 2.24) is 10.2 Å². The van der Waals surface area contributed by atoms with Crippen molar-refractivity contribution in [1.29, 1.82) is 0 Å². The van der Waals surface area contributed by atoms with Crippen molar-refractivity contribution in [3.8, 4) is 5.75 Å². The molecule has 116 valence electrons. The van der Waals surface area contributed by atoms with Gasteiger partial charge in [0.05, 0.1) is 13.5 Å². The summed E-state index contributed by atoms with van der Waals surface area (Å²) in [6.45, 7) is 7.06. The van der Waals surface area contributed by atoms with Crippen molar-refractivity contribution < 1.29 is 9.53 Å². The van der Waals surface area contributed by atoms with Crippen molar-refractivity contribution in [3.63, 3.8) is 0 Å². The number of methoxy groups -OCH3 is 1. The Hall–Kier alpha value is -1.55. The molecule has 1 heterocycles. The molecule has 1 saturated heterocycles. The van der Waals surface area contributed by atoms with E-state index in [-0.39, 0.29) is 5.91 Å². The lowest BCUT2D eigenvalue weighted by molar-refractivity contribution is -0.132. The molecular formula is C17H26N2O2. The van der Waals surface area contributed by atoms with Crippen LogP contribution in [0.5, 0.6) is 5.75 Å². The number of hydrogen-bond acceptors (Lipinski definition) is 3. The highest BCUT2D eigenvalue weighted by molar-refractivity contribution is 5.79. The van der Waals surface area contributed by atoms with Gasteiger partial charge in [0, 0.05) is 19.1 Å². The Balaban J connectivity index is 1.88. The van der Waals surface area contributed by atoms with E-state index in [1.54, 1.807) is 7.11 Å². The SMILES string of the molecule is CCNC1CCN(C(=O)Cc2ccc(OC)cc2)CC1C. The normalized spacial score (nSPS) is 22.1. The van der Waals surface area contributed by atoms with Crippen LogP contribution in [0, 0.1) is 5.92 Å². The Morgan fingerprint density at radius 2 is 2.10 bits per heavy atom. The second-order valence-electron chi connectivity index (χ2n) is 5.79. The molecule has 1 aliphatic rings. The minimum Gasteiger partial charge on any atom is -0.497 e. The molecule has 1 aromatic carbocycles. The van der Waals surface area contributed by atoms with E-state index in [1.807, 2.05) is 29.2 Å². The fourth-order valence-electron chi connectivity index (χ4n) is 2.97. The number of hydrogen-bond donors (Lipinski definition) is 1. The zero-order chi connectivity index (χ0) is 15.2. The minimum absolute atomic E-state index is 0.224. The van der Waals surface area contributed by atoms with E-state index >= 15 is 0 Å². The Morgan fingerprint density at radius 1 is 1.38 bits per heavy atom. The van der Waals surface area contributed by atoms with Gasteiger partial charge in [-0.05, 0) is 36.6 Å². The van der Waals surface area contributed by atoms with E-state index in [9.17, 15) is 4.79 Å². The lowest BCUT2D eigenvalue weighted by Crippen LogP contribution is -2.50. The van der Waals surface area contributed by atoms with Gasteiger partial charge in [0.1, 0.15) is 5.75 Å². The van der Waals surface area contributed by atoms with Gasteiger partial charge in [-0.25, -0.2) is 0 Å². The van der Waals surface area contributed by atoms with Gasteiger partial charge in [-0.2, -0.15) is 0 Å². The number of benzene rings is 1. The second-order valence-corrected chi connectivity index (χ2v) is 5.79. The summed E-state index contributed by atoms with van der Waals surface area (Å²) in [6, 6.07) is 8.28. The van der Waals surface area contributed by atoms with Gasteiger partial charge < -0.3 is 15.0 Å². The molecule has 1 aliphatic heterocycles. The van der Waals surface area contributed by atoms with Gasteiger partial charge in [-0.1, -0.05) is 26.0 Å². The van der Waals surface area contributed by atoms with E-state index in [0.717, 1.165) is 37.4 Å². The molecule has 1 N–H and O–H groups in total. The van der Waals surface area contributed by atoms with Crippen LogP contribution in [0.15, 0.2) is 24.3 Å². The van der Waals surface area contributed by atoms with Gasteiger partial charge in [0.2, 0.25) is 5.91 Å². The smallest absolute Gasteiger partial charge is 0.227 e. The molecule has 1 fully saturated rings. The van der Waals surface area contributed by atoms with Crippen LogP contribution in [0.1, 0.15) is 25.8 Å². The van der Waals surface area contributed by atoms with Crippen molar-refractivity contribution in [2.45, 2.75) is 32.7 Å². The highest BCUT2D eigenvalue weighted by Crippen LogP contribution is 2.18. The number of piperidine rings is 1. The van der Waals surface area contributed by atoms with E-state index < -0.39 is 0 Å². The number of amides is 1. The molecular weight excluding hydrogens is 264 g/mol. The average molecular weight is 290 g/mol. The highest BCUT2D eigenvalue weighted by atomic mass is 16.5. The number of nitrogens with one attached hydrogen (secondary N) is 1. The lowest BCUT2D eigenvalue weighted by atomic mass is 9.93. The molecule has 0 spiro atoms. The fourth-order valence-corrected chi connectivity index (χ4v) is 2.97. The molecule has 2 atom stereocenters. The first-order valence-corrected chi connectivity index (χ1v) is 7.78.